The second-order valence-corrected chi connectivity index (χ2v) is 10.2. The van der Waals surface area contributed by atoms with Crippen LogP contribution in [-0.4, -0.2) is 37.6 Å². The highest BCUT2D eigenvalue weighted by atomic mass is 16.3. The van der Waals surface area contributed by atoms with Crippen molar-refractivity contribution in [1.82, 2.24) is 14.5 Å². The van der Waals surface area contributed by atoms with Gasteiger partial charge in [0.05, 0.1) is 26.0 Å². The molecule has 3 heterocycles. The number of fused-ring (bicyclic) bond motifs is 3. The van der Waals surface area contributed by atoms with Crippen molar-refractivity contribution in [3.05, 3.63) is 118 Å². The van der Waals surface area contributed by atoms with Gasteiger partial charge in [-0.15, -0.1) is 0 Å². The zero-order chi connectivity index (χ0) is 27.0. The van der Waals surface area contributed by atoms with E-state index in [4.69, 9.17) is 20.7 Å². The predicted molar refractivity (Wildman–Crippen MR) is 151 cm³/mol. The van der Waals surface area contributed by atoms with Crippen molar-refractivity contribution in [3.63, 3.8) is 0 Å². The van der Waals surface area contributed by atoms with Crippen LogP contribution in [0.1, 0.15) is 45.5 Å². The van der Waals surface area contributed by atoms with E-state index in [1.807, 2.05) is 72.2 Å². The minimum Gasteiger partial charge on any atom is -0.392 e. The Kier molecular flexibility index (Phi) is 6.42. The topological polar surface area (TPSA) is 109 Å². The highest BCUT2D eigenvalue weighted by Gasteiger charge is 2.55. The Labute approximate surface area is 227 Å². The van der Waals surface area contributed by atoms with E-state index in [0.717, 1.165) is 33.4 Å². The molecule has 6 rings (SSSR count). The van der Waals surface area contributed by atoms with Gasteiger partial charge in [0.15, 0.2) is 5.82 Å². The van der Waals surface area contributed by atoms with Crippen LogP contribution in [0.25, 0.3) is 0 Å². The predicted octanol–water partition coefficient (Wildman–Crippen LogP) is 3.98. The Morgan fingerprint density at radius 3 is 2.23 bits per heavy atom. The fraction of sp³-hybridized carbons (Fsp3) is 0.226. The van der Waals surface area contributed by atoms with Crippen LogP contribution in [0.15, 0.2) is 89.1 Å². The number of aliphatic imine (C=N–C) groups is 2. The summed E-state index contributed by atoms with van der Waals surface area (Å²) in [6, 6.07) is 24.0. The molecule has 8 nitrogen and oxygen atoms in total. The lowest BCUT2D eigenvalue weighted by molar-refractivity contribution is -0.126. The first-order valence-electron chi connectivity index (χ1n) is 13.0. The lowest BCUT2D eigenvalue weighted by Gasteiger charge is -2.29. The van der Waals surface area contributed by atoms with Crippen molar-refractivity contribution < 1.29 is 9.90 Å². The number of hydrogen-bond acceptors (Lipinski definition) is 6. The SMILES string of the molecule is Cc1ccc(CN2C(=O)CC3(c4ccc(CO)cc4)C2=NC=Nc2c3ncn2Cc2ccc(CN)cc2)cc1. The van der Waals surface area contributed by atoms with Crippen LogP contribution in [0, 0.1) is 6.92 Å². The van der Waals surface area contributed by atoms with Gasteiger partial charge in [-0.25, -0.2) is 15.0 Å². The number of amides is 1. The summed E-state index contributed by atoms with van der Waals surface area (Å²) in [4.78, 5) is 29.9. The molecule has 3 N–H and O–H groups in total. The first-order valence-corrected chi connectivity index (χ1v) is 13.0. The Bertz CT molecular complexity index is 1570. The van der Waals surface area contributed by atoms with E-state index >= 15 is 0 Å². The summed E-state index contributed by atoms with van der Waals surface area (Å²) < 4.78 is 2.00. The number of aromatic nitrogens is 2. The molecule has 0 saturated carbocycles. The van der Waals surface area contributed by atoms with Crippen molar-refractivity contribution in [2.75, 3.05) is 0 Å². The van der Waals surface area contributed by atoms with E-state index < -0.39 is 5.41 Å². The standard InChI is InChI=1S/C31H30N6O2/c1-21-2-4-24(5-3-21)17-37-27(39)14-31(26-12-10-25(18-38)11-13-26)28-29(33-19-34-30(31)37)36(20-35-28)16-23-8-6-22(15-32)7-9-23/h2-13,19-20,38H,14-18,32H2,1H3. The van der Waals surface area contributed by atoms with Crippen molar-refractivity contribution in [3.8, 4) is 0 Å². The zero-order valence-electron chi connectivity index (χ0n) is 21.8. The van der Waals surface area contributed by atoms with Crippen LogP contribution in [0.4, 0.5) is 5.82 Å². The summed E-state index contributed by atoms with van der Waals surface area (Å²) in [5, 5.41) is 9.64. The summed E-state index contributed by atoms with van der Waals surface area (Å²) in [6.07, 6.45) is 3.52. The molecule has 1 aromatic heterocycles. The molecule has 0 bridgehead atoms. The average molecular weight is 519 g/mol. The molecule has 8 heteroatoms. The van der Waals surface area contributed by atoms with Gasteiger partial charge in [0.1, 0.15) is 23.3 Å². The Morgan fingerprint density at radius 1 is 0.897 bits per heavy atom. The minimum absolute atomic E-state index is 0.0197. The number of amidine groups is 1. The van der Waals surface area contributed by atoms with Crippen LogP contribution in [0.5, 0.6) is 0 Å². The first-order chi connectivity index (χ1) is 19.0. The van der Waals surface area contributed by atoms with E-state index in [1.165, 1.54) is 6.34 Å². The number of nitrogens with two attached hydrogens (primary N) is 1. The molecule has 2 aliphatic heterocycles. The molecule has 196 valence electrons. The highest BCUT2D eigenvalue weighted by molar-refractivity contribution is 6.16. The number of imidazole rings is 1. The third-order valence-electron chi connectivity index (χ3n) is 7.63. The summed E-state index contributed by atoms with van der Waals surface area (Å²) >= 11 is 0. The minimum atomic E-state index is -0.906. The third kappa shape index (κ3) is 4.37. The average Bonchev–Trinajstić information content (AvgIpc) is 3.43. The number of nitrogens with zero attached hydrogens (tertiary/aromatic N) is 5. The maximum absolute atomic E-state index is 13.7. The van der Waals surface area contributed by atoms with E-state index in [1.54, 1.807) is 11.2 Å². The number of rotatable bonds is 7. The van der Waals surface area contributed by atoms with Gasteiger partial charge in [-0.3, -0.25) is 9.69 Å². The number of hydrogen-bond donors (Lipinski definition) is 2. The molecular formula is C31H30N6O2. The molecule has 1 amide bonds. The van der Waals surface area contributed by atoms with Crippen molar-refractivity contribution in [1.29, 1.82) is 0 Å². The summed E-state index contributed by atoms with van der Waals surface area (Å²) in [7, 11) is 0. The van der Waals surface area contributed by atoms with E-state index in [9.17, 15) is 9.90 Å². The fourth-order valence-electron chi connectivity index (χ4n) is 5.46. The lowest BCUT2D eigenvalue weighted by atomic mass is 9.75. The van der Waals surface area contributed by atoms with Crippen molar-refractivity contribution in [2.24, 2.45) is 15.7 Å². The van der Waals surface area contributed by atoms with E-state index in [2.05, 4.69) is 12.1 Å². The molecule has 1 atom stereocenters. The quantitative estimate of drug-likeness (QED) is 0.386. The zero-order valence-corrected chi connectivity index (χ0v) is 21.8. The van der Waals surface area contributed by atoms with Crippen LogP contribution >= 0.6 is 0 Å². The van der Waals surface area contributed by atoms with Gasteiger partial charge < -0.3 is 15.4 Å². The summed E-state index contributed by atoms with van der Waals surface area (Å²) in [6.45, 7) is 3.46. The van der Waals surface area contributed by atoms with Gasteiger partial charge in [0.2, 0.25) is 5.91 Å². The largest absolute Gasteiger partial charge is 0.392 e. The Balaban J connectivity index is 1.45. The fourth-order valence-corrected chi connectivity index (χ4v) is 5.46. The molecule has 1 unspecified atom stereocenters. The molecule has 1 saturated heterocycles. The molecule has 4 aromatic rings. The van der Waals surface area contributed by atoms with Gasteiger partial charge in [-0.2, -0.15) is 0 Å². The van der Waals surface area contributed by atoms with Gasteiger partial charge >= 0.3 is 0 Å². The smallest absolute Gasteiger partial charge is 0.230 e. The van der Waals surface area contributed by atoms with E-state index in [-0.39, 0.29) is 18.9 Å². The number of aliphatic hydroxyl groups is 1. The van der Waals surface area contributed by atoms with Crippen LogP contribution < -0.4 is 5.73 Å². The van der Waals surface area contributed by atoms with Crippen LogP contribution in [0.2, 0.25) is 0 Å². The molecular weight excluding hydrogens is 488 g/mol. The second-order valence-electron chi connectivity index (χ2n) is 10.2. The number of carbonyl (C=O) groups excluding carboxylic acids is 1. The first kappa shape index (κ1) is 24.9. The number of likely N-dealkylation sites (tertiary alicyclic amines) is 1. The maximum Gasteiger partial charge on any atom is 0.230 e. The van der Waals surface area contributed by atoms with E-state index in [0.29, 0.717) is 37.0 Å². The Hall–Kier alpha value is -4.40. The normalized spacial score (nSPS) is 18.1. The van der Waals surface area contributed by atoms with Gasteiger partial charge in [0.25, 0.3) is 0 Å². The van der Waals surface area contributed by atoms with Crippen LogP contribution in [-0.2, 0) is 36.5 Å². The second kappa shape index (κ2) is 10.1. The van der Waals surface area contributed by atoms with Gasteiger partial charge in [0, 0.05) is 13.0 Å². The molecule has 0 spiro atoms. The maximum atomic E-state index is 13.7. The number of carbonyl (C=O) groups is 1. The van der Waals surface area contributed by atoms with Crippen molar-refractivity contribution >= 4 is 23.9 Å². The molecule has 0 aliphatic carbocycles. The molecule has 0 radical (unpaired) electrons. The molecule has 1 fully saturated rings. The summed E-state index contributed by atoms with van der Waals surface area (Å²) in [5.41, 5.74) is 11.6. The van der Waals surface area contributed by atoms with Gasteiger partial charge in [-0.1, -0.05) is 78.4 Å². The third-order valence-corrected chi connectivity index (χ3v) is 7.63. The highest BCUT2D eigenvalue weighted by Crippen LogP contribution is 2.47. The number of aryl methyl sites for hydroxylation is 1. The number of aliphatic hydroxyl groups excluding tert-OH is 1. The van der Waals surface area contributed by atoms with Gasteiger partial charge in [-0.05, 0) is 34.7 Å². The number of benzene rings is 3. The monoisotopic (exact) mass is 518 g/mol. The lowest BCUT2D eigenvalue weighted by Crippen LogP contribution is -2.39. The summed E-state index contributed by atoms with van der Waals surface area (Å²) in [5.74, 6) is 1.27. The molecule has 3 aromatic carbocycles. The van der Waals surface area contributed by atoms with Crippen molar-refractivity contribution in [2.45, 2.75) is 45.0 Å². The molecule has 2 aliphatic rings. The molecule has 39 heavy (non-hydrogen) atoms. The Morgan fingerprint density at radius 2 is 1.54 bits per heavy atom. The van der Waals surface area contributed by atoms with Crippen LogP contribution in [0.3, 0.4) is 0 Å².